The molecule has 0 heterocycles. The Morgan fingerprint density at radius 2 is 2.00 bits per heavy atom. The Kier molecular flexibility index (Phi) is 5.75. The Labute approximate surface area is 88.1 Å². The van der Waals surface area contributed by atoms with Gasteiger partial charge >= 0.3 is 0 Å². The van der Waals surface area contributed by atoms with Gasteiger partial charge in [-0.05, 0) is 25.9 Å². The van der Waals surface area contributed by atoms with Gasteiger partial charge in [0.1, 0.15) is 0 Å². The maximum atomic E-state index is 8.74. The first-order valence-electron chi connectivity index (χ1n) is 5.14. The second-order valence-corrected chi connectivity index (χ2v) is 5.06. The molecular formula is C11H23N3. The summed E-state index contributed by atoms with van der Waals surface area (Å²) in [5.41, 5.74) is 0.330. The van der Waals surface area contributed by atoms with Gasteiger partial charge < -0.3 is 10.2 Å². The highest BCUT2D eigenvalue weighted by Gasteiger charge is 2.14. The van der Waals surface area contributed by atoms with Gasteiger partial charge in [-0.3, -0.25) is 0 Å². The van der Waals surface area contributed by atoms with Gasteiger partial charge in [0.05, 0.1) is 12.1 Å². The van der Waals surface area contributed by atoms with Gasteiger partial charge in [-0.25, -0.2) is 0 Å². The predicted octanol–water partition coefficient (Wildman–Crippen LogP) is 1.47. The van der Waals surface area contributed by atoms with E-state index in [1.54, 1.807) is 0 Å². The van der Waals surface area contributed by atoms with E-state index in [1.807, 2.05) is 7.05 Å². The lowest BCUT2D eigenvalue weighted by Gasteiger charge is -2.26. The van der Waals surface area contributed by atoms with E-state index in [0.29, 0.717) is 5.41 Å². The molecule has 0 rings (SSSR count). The highest BCUT2D eigenvalue weighted by atomic mass is 15.1. The first kappa shape index (κ1) is 13.4. The maximum absolute atomic E-state index is 8.74. The van der Waals surface area contributed by atoms with E-state index in [2.05, 4.69) is 44.1 Å². The van der Waals surface area contributed by atoms with Gasteiger partial charge in [0.25, 0.3) is 0 Å². The lowest BCUT2D eigenvalue weighted by Crippen LogP contribution is -2.34. The fourth-order valence-corrected chi connectivity index (χ4v) is 1.51. The highest BCUT2D eigenvalue weighted by molar-refractivity contribution is 4.88. The third kappa shape index (κ3) is 6.88. The van der Waals surface area contributed by atoms with E-state index in [4.69, 9.17) is 5.26 Å². The number of nitriles is 1. The number of nitrogens with one attached hydrogen (secondary N) is 1. The van der Waals surface area contributed by atoms with Gasteiger partial charge in [-0.1, -0.05) is 20.8 Å². The van der Waals surface area contributed by atoms with Crippen LogP contribution in [-0.2, 0) is 0 Å². The van der Waals surface area contributed by atoms with Crippen molar-refractivity contribution in [2.45, 2.75) is 33.2 Å². The normalized spacial score (nSPS) is 14.1. The molecular weight excluding hydrogens is 174 g/mol. The van der Waals surface area contributed by atoms with Crippen molar-refractivity contribution in [3.63, 3.8) is 0 Å². The molecule has 0 spiro atoms. The van der Waals surface area contributed by atoms with Crippen molar-refractivity contribution < 1.29 is 0 Å². The van der Waals surface area contributed by atoms with Crippen molar-refractivity contribution in [1.29, 1.82) is 5.26 Å². The summed E-state index contributed by atoms with van der Waals surface area (Å²) >= 11 is 0. The van der Waals surface area contributed by atoms with Crippen LogP contribution in [0.3, 0.4) is 0 Å². The molecule has 0 aliphatic carbocycles. The Hall–Kier alpha value is -0.590. The number of rotatable bonds is 5. The van der Waals surface area contributed by atoms with Gasteiger partial charge in [0.2, 0.25) is 0 Å². The average Bonchev–Trinajstić information content (AvgIpc) is 2.03. The van der Waals surface area contributed by atoms with Crippen molar-refractivity contribution in [3.05, 3.63) is 0 Å². The molecule has 0 aromatic rings. The second-order valence-electron chi connectivity index (χ2n) is 5.06. The Balaban J connectivity index is 3.75. The summed E-state index contributed by atoms with van der Waals surface area (Å²) < 4.78 is 0. The van der Waals surface area contributed by atoms with Gasteiger partial charge in [-0.2, -0.15) is 5.26 Å². The van der Waals surface area contributed by atoms with Gasteiger partial charge in [0, 0.05) is 13.1 Å². The molecule has 1 atom stereocenters. The maximum Gasteiger partial charge on any atom is 0.0962 e. The van der Waals surface area contributed by atoms with Crippen molar-refractivity contribution in [2.75, 3.05) is 27.2 Å². The van der Waals surface area contributed by atoms with E-state index in [9.17, 15) is 0 Å². The Morgan fingerprint density at radius 1 is 1.43 bits per heavy atom. The quantitative estimate of drug-likeness (QED) is 0.725. The summed E-state index contributed by atoms with van der Waals surface area (Å²) in [6.07, 6.45) is 0.888. The van der Waals surface area contributed by atoms with E-state index >= 15 is 0 Å². The first-order valence-corrected chi connectivity index (χ1v) is 5.14. The fraction of sp³-hybridized carbons (Fsp3) is 0.909. The summed E-state index contributed by atoms with van der Waals surface area (Å²) in [6, 6.07) is 2.22. The molecule has 0 saturated heterocycles. The zero-order valence-corrected chi connectivity index (χ0v) is 10.1. The zero-order valence-electron chi connectivity index (χ0n) is 10.1. The van der Waals surface area contributed by atoms with Crippen LogP contribution in [0.4, 0.5) is 0 Å². The molecule has 1 unspecified atom stereocenters. The molecule has 3 nitrogen and oxygen atoms in total. The number of hydrogen-bond acceptors (Lipinski definition) is 3. The summed E-state index contributed by atoms with van der Waals surface area (Å²) in [4.78, 5) is 2.28. The summed E-state index contributed by atoms with van der Waals surface area (Å²) in [5, 5.41) is 11.7. The van der Waals surface area contributed by atoms with Crippen LogP contribution in [0, 0.1) is 16.7 Å². The van der Waals surface area contributed by atoms with E-state index < -0.39 is 0 Å². The Morgan fingerprint density at radius 3 is 2.36 bits per heavy atom. The molecule has 0 aromatic carbocycles. The summed E-state index contributed by atoms with van der Waals surface area (Å²) in [5.74, 6) is 0. The van der Waals surface area contributed by atoms with Crippen molar-refractivity contribution in [2.24, 2.45) is 5.41 Å². The lowest BCUT2D eigenvalue weighted by atomic mass is 9.96. The topological polar surface area (TPSA) is 39.1 Å². The SMILES string of the molecule is CNC(C#N)CCN(C)CC(C)(C)C. The molecule has 14 heavy (non-hydrogen) atoms. The molecule has 3 heteroatoms. The van der Waals surface area contributed by atoms with Crippen LogP contribution in [0.15, 0.2) is 0 Å². The fourth-order valence-electron chi connectivity index (χ4n) is 1.51. The molecule has 0 radical (unpaired) electrons. The third-order valence-corrected chi connectivity index (χ3v) is 2.05. The smallest absolute Gasteiger partial charge is 0.0962 e. The second kappa shape index (κ2) is 6.00. The molecule has 0 aromatic heterocycles. The molecule has 1 N–H and O–H groups in total. The highest BCUT2D eigenvalue weighted by Crippen LogP contribution is 2.14. The van der Waals surface area contributed by atoms with Crippen LogP contribution in [0.2, 0.25) is 0 Å². The lowest BCUT2D eigenvalue weighted by molar-refractivity contribution is 0.222. The minimum Gasteiger partial charge on any atom is -0.306 e. The predicted molar refractivity (Wildman–Crippen MR) is 60.0 cm³/mol. The molecule has 0 aliphatic heterocycles. The molecule has 82 valence electrons. The van der Waals surface area contributed by atoms with Crippen LogP contribution >= 0.6 is 0 Å². The largest absolute Gasteiger partial charge is 0.306 e. The van der Waals surface area contributed by atoms with Crippen LogP contribution in [-0.4, -0.2) is 38.1 Å². The standard InChI is InChI=1S/C11H23N3/c1-11(2,3)9-14(5)7-6-10(8-12)13-4/h10,13H,6-7,9H2,1-5H3. The van der Waals surface area contributed by atoms with Crippen molar-refractivity contribution in [3.8, 4) is 6.07 Å². The van der Waals surface area contributed by atoms with Gasteiger partial charge in [0.15, 0.2) is 0 Å². The van der Waals surface area contributed by atoms with E-state index in [0.717, 1.165) is 19.5 Å². The molecule has 0 bridgehead atoms. The molecule has 0 saturated carbocycles. The zero-order chi connectivity index (χ0) is 11.2. The van der Waals surface area contributed by atoms with E-state index in [-0.39, 0.29) is 6.04 Å². The third-order valence-electron chi connectivity index (χ3n) is 2.05. The van der Waals surface area contributed by atoms with Crippen molar-refractivity contribution >= 4 is 0 Å². The average molecular weight is 197 g/mol. The van der Waals surface area contributed by atoms with Crippen LogP contribution in [0.1, 0.15) is 27.2 Å². The van der Waals surface area contributed by atoms with E-state index in [1.165, 1.54) is 0 Å². The summed E-state index contributed by atoms with van der Waals surface area (Å²) in [7, 11) is 3.94. The molecule has 0 amide bonds. The Bertz CT molecular complexity index is 188. The first-order chi connectivity index (χ1) is 6.39. The molecule has 0 fully saturated rings. The number of hydrogen-bond donors (Lipinski definition) is 1. The van der Waals surface area contributed by atoms with Crippen molar-refractivity contribution in [1.82, 2.24) is 10.2 Å². The van der Waals surface area contributed by atoms with Crippen LogP contribution < -0.4 is 5.32 Å². The summed E-state index contributed by atoms with van der Waals surface area (Å²) in [6.45, 7) is 8.71. The molecule has 0 aliphatic rings. The minimum absolute atomic E-state index is 0.0163. The monoisotopic (exact) mass is 197 g/mol. The number of nitrogens with zero attached hydrogens (tertiary/aromatic N) is 2. The van der Waals surface area contributed by atoms with Gasteiger partial charge in [-0.15, -0.1) is 0 Å². The minimum atomic E-state index is -0.0163. The van der Waals surface area contributed by atoms with Crippen LogP contribution in [0.25, 0.3) is 0 Å². The van der Waals surface area contributed by atoms with Crippen LogP contribution in [0.5, 0.6) is 0 Å².